The molecule has 0 fully saturated rings. The number of nitrogens with zero attached hydrogens (tertiary/aromatic N) is 1. The smallest absolute Gasteiger partial charge is 0.337 e. The molecule has 1 aromatic heterocycles. The van der Waals surface area contributed by atoms with Gasteiger partial charge in [0.15, 0.2) is 5.13 Å². The topological polar surface area (TPSA) is 80.3 Å². The van der Waals surface area contributed by atoms with Crippen molar-refractivity contribution in [3.63, 3.8) is 0 Å². The molecule has 0 saturated carbocycles. The Kier molecular flexibility index (Phi) is 4.64. The van der Waals surface area contributed by atoms with Crippen LogP contribution in [-0.4, -0.2) is 24.1 Å². The standard InChI is InChI=1S/C16H12ClN3O3S/c1-23-14(21)9-5-6-12-13(7-9)24-16(19-12)20-15(22)18-11-4-2-3-10(17)8-11/h2-8H,1H3,(H2,18,19,20,22). The first-order chi connectivity index (χ1) is 11.5. The second kappa shape index (κ2) is 6.86. The number of carbonyl (C=O) groups excluding carboxylic acids is 2. The molecule has 0 bridgehead atoms. The number of anilines is 2. The highest BCUT2D eigenvalue weighted by Crippen LogP contribution is 2.27. The number of hydrogen-bond donors (Lipinski definition) is 2. The SMILES string of the molecule is COC(=O)c1ccc2nc(NC(=O)Nc3cccc(Cl)c3)sc2c1. The number of urea groups is 1. The van der Waals surface area contributed by atoms with Crippen molar-refractivity contribution in [3.8, 4) is 0 Å². The van der Waals surface area contributed by atoms with E-state index in [0.717, 1.165) is 4.70 Å². The first-order valence-electron chi connectivity index (χ1n) is 6.87. The lowest BCUT2D eigenvalue weighted by molar-refractivity contribution is 0.0601. The van der Waals surface area contributed by atoms with Gasteiger partial charge in [-0.05, 0) is 36.4 Å². The molecule has 2 N–H and O–H groups in total. The van der Waals surface area contributed by atoms with Crippen LogP contribution >= 0.6 is 22.9 Å². The molecule has 0 aliphatic rings. The normalized spacial score (nSPS) is 10.4. The van der Waals surface area contributed by atoms with Crippen LogP contribution in [-0.2, 0) is 4.74 Å². The summed E-state index contributed by atoms with van der Waals surface area (Å²) in [6.45, 7) is 0. The van der Waals surface area contributed by atoms with Crippen LogP contribution in [0.25, 0.3) is 10.2 Å². The van der Waals surface area contributed by atoms with Crippen molar-refractivity contribution in [1.29, 1.82) is 0 Å². The molecule has 0 radical (unpaired) electrons. The summed E-state index contributed by atoms with van der Waals surface area (Å²) in [5.74, 6) is -0.418. The number of hydrogen-bond acceptors (Lipinski definition) is 5. The van der Waals surface area contributed by atoms with Gasteiger partial charge >= 0.3 is 12.0 Å². The van der Waals surface area contributed by atoms with Crippen molar-refractivity contribution < 1.29 is 14.3 Å². The maximum Gasteiger partial charge on any atom is 0.337 e. The lowest BCUT2D eigenvalue weighted by atomic mass is 10.2. The molecular formula is C16H12ClN3O3S. The fraction of sp³-hybridized carbons (Fsp3) is 0.0625. The van der Waals surface area contributed by atoms with Crippen LogP contribution in [0.1, 0.15) is 10.4 Å². The zero-order valence-electron chi connectivity index (χ0n) is 12.5. The zero-order valence-corrected chi connectivity index (χ0v) is 14.1. The van der Waals surface area contributed by atoms with Crippen LogP contribution in [0.15, 0.2) is 42.5 Å². The number of amides is 2. The maximum atomic E-state index is 12.0. The number of rotatable bonds is 3. The van der Waals surface area contributed by atoms with Gasteiger partial charge in [-0.2, -0.15) is 0 Å². The summed E-state index contributed by atoms with van der Waals surface area (Å²) in [5, 5.41) is 6.29. The van der Waals surface area contributed by atoms with E-state index in [9.17, 15) is 9.59 Å². The van der Waals surface area contributed by atoms with E-state index in [-0.39, 0.29) is 0 Å². The number of halogens is 1. The van der Waals surface area contributed by atoms with Gasteiger partial charge in [-0.15, -0.1) is 0 Å². The van der Waals surface area contributed by atoms with Crippen molar-refractivity contribution in [2.75, 3.05) is 17.7 Å². The van der Waals surface area contributed by atoms with E-state index in [0.29, 0.717) is 26.9 Å². The minimum Gasteiger partial charge on any atom is -0.465 e. The van der Waals surface area contributed by atoms with Gasteiger partial charge < -0.3 is 10.1 Å². The highest BCUT2D eigenvalue weighted by molar-refractivity contribution is 7.22. The third-order valence-corrected chi connectivity index (χ3v) is 4.28. The largest absolute Gasteiger partial charge is 0.465 e. The Morgan fingerprint density at radius 2 is 2.00 bits per heavy atom. The Balaban J connectivity index is 1.75. The summed E-state index contributed by atoms with van der Waals surface area (Å²) in [5.41, 5.74) is 1.70. The molecule has 3 aromatic rings. The molecule has 1 heterocycles. The predicted molar refractivity (Wildman–Crippen MR) is 95.1 cm³/mol. The Bertz CT molecular complexity index is 926. The Hall–Kier alpha value is -2.64. The number of carbonyl (C=O) groups is 2. The van der Waals surface area contributed by atoms with Crippen molar-refractivity contribution in [3.05, 3.63) is 53.1 Å². The van der Waals surface area contributed by atoms with Gasteiger partial charge in [-0.3, -0.25) is 5.32 Å². The minimum absolute atomic E-state index is 0.418. The molecule has 24 heavy (non-hydrogen) atoms. The highest BCUT2D eigenvalue weighted by atomic mass is 35.5. The fourth-order valence-corrected chi connectivity index (χ4v) is 3.14. The number of ether oxygens (including phenoxy) is 1. The van der Waals surface area contributed by atoms with Crippen LogP contribution in [0, 0.1) is 0 Å². The Morgan fingerprint density at radius 1 is 1.17 bits per heavy atom. The number of fused-ring (bicyclic) bond motifs is 1. The predicted octanol–water partition coefficient (Wildman–Crippen LogP) is 4.38. The van der Waals surface area contributed by atoms with Crippen LogP contribution in [0.2, 0.25) is 5.02 Å². The second-order valence-corrected chi connectivity index (χ2v) is 6.25. The van der Waals surface area contributed by atoms with Crippen molar-refractivity contribution >= 4 is 56.0 Å². The zero-order chi connectivity index (χ0) is 17.1. The van der Waals surface area contributed by atoms with E-state index in [1.54, 1.807) is 42.5 Å². The molecule has 3 rings (SSSR count). The Morgan fingerprint density at radius 3 is 2.75 bits per heavy atom. The summed E-state index contributed by atoms with van der Waals surface area (Å²) >= 11 is 7.14. The van der Waals surface area contributed by atoms with Gasteiger partial charge in [0, 0.05) is 10.7 Å². The molecule has 2 aromatic carbocycles. The number of aromatic nitrogens is 1. The van der Waals surface area contributed by atoms with Gasteiger partial charge in [0.25, 0.3) is 0 Å². The van der Waals surface area contributed by atoms with E-state index < -0.39 is 12.0 Å². The highest BCUT2D eigenvalue weighted by Gasteiger charge is 2.11. The molecule has 2 amide bonds. The molecule has 6 nitrogen and oxygen atoms in total. The van der Waals surface area contributed by atoms with Crippen LogP contribution < -0.4 is 10.6 Å². The average Bonchev–Trinajstić information content (AvgIpc) is 2.95. The Labute approximate surface area is 146 Å². The lowest BCUT2D eigenvalue weighted by Gasteiger charge is -2.05. The lowest BCUT2D eigenvalue weighted by Crippen LogP contribution is -2.19. The first kappa shape index (κ1) is 16.2. The van der Waals surface area contributed by atoms with Crippen molar-refractivity contribution in [2.24, 2.45) is 0 Å². The third kappa shape index (κ3) is 3.64. The summed E-state index contributed by atoms with van der Waals surface area (Å²) in [6.07, 6.45) is 0. The van der Waals surface area contributed by atoms with Gasteiger partial charge in [0.05, 0.1) is 22.9 Å². The molecule has 0 aliphatic carbocycles. The molecule has 0 aliphatic heterocycles. The van der Waals surface area contributed by atoms with E-state index in [1.165, 1.54) is 18.4 Å². The van der Waals surface area contributed by atoms with Gasteiger partial charge in [-0.25, -0.2) is 14.6 Å². The monoisotopic (exact) mass is 361 g/mol. The average molecular weight is 362 g/mol. The number of esters is 1. The van der Waals surface area contributed by atoms with Crippen molar-refractivity contribution in [2.45, 2.75) is 0 Å². The van der Waals surface area contributed by atoms with Gasteiger partial charge in [-0.1, -0.05) is 29.0 Å². The number of thiazole rings is 1. The number of methoxy groups -OCH3 is 1. The second-order valence-electron chi connectivity index (χ2n) is 4.78. The van der Waals surface area contributed by atoms with E-state index in [1.807, 2.05) is 0 Å². The van der Waals surface area contributed by atoms with E-state index in [2.05, 4.69) is 20.4 Å². The summed E-state index contributed by atoms with van der Waals surface area (Å²) in [6, 6.07) is 11.4. The first-order valence-corrected chi connectivity index (χ1v) is 8.07. The van der Waals surface area contributed by atoms with E-state index >= 15 is 0 Å². The molecule has 8 heteroatoms. The van der Waals surface area contributed by atoms with Gasteiger partial charge in [0.2, 0.25) is 0 Å². The fourth-order valence-electron chi connectivity index (χ4n) is 2.05. The quantitative estimate of drug-likeness (QED) is 0.678. The van der Waals surface area contributed by atoms with Gasteiger partial charge in [0.1, 0.15) is 0 Å². The maximum absolute atomic E-state index is 12.0. The molecular weight excluding hydrogens is 350 g/mol. The van der Waals surface area contributed by atoms with Crippen LogP contribution in [0.5, 0.6) is 0 Å². The minimum atomic E-state index is -0.426. The van der Waals surface area contributed by atoms with Crippen LogP contribution in [0.4, 0.5) is 15.6 Å². The van der Waals surface area contributed by atoms with E-state index in [4.69, 9.17) is 11.6 Å². The number of nitrogens with one attached hydrogen (secondary N) is 2. The molecule has 0 unspecified atom stereocenters. The summed E-state index contributed by atoms with van der Waals surface area (Å²) in [4.78, 5) is 27.9. The van der Waals surface area contributed by atoms with Crippen molar-refractivity contribution in [1.82, 2.24) is 4.98 Å². The summed E-state index contributed by atoms with van der Waals surface area (Å²) in [7, 11) is 1.33. The number of benzene rings is 2. The summed E-state index contributed by atoms with van der Waals surface area (Å²) < 4.78 is 5.46. The molecule has 0 atom stereocenters. The molecule has 0 saturated heterocycles. The molecule has 0 spiro atoms. The third-order valence-electron chi connectivity index (χ3n) is 3.11. The molecule has 122 valence electrons. The van der Waals surface area contributed by atoms with Crippen LogP contribution in [0.3, 0.4) is 0 Å².